The molecule has 3 heteroatoms. The highest BCUT2D eigenvalue weighted by Gasteiger charge is 2.08. The Morgan fingerprint density at radius 1 is 1.27 bits per heavy atom. The minimum absolute atomic E-state index is 0.0797. The van der Waals surface area contributed by atoms with Crippen molar-refractivity contribution < 1.29 is 4.79 Å². The molecule has 0 unspecified atom stereocenters. The number of carbonyl (C=O) groups excluding carboxylic acids is 1. The molecule has 0 aliphatic carbocycles. The van der Waals surface area contributed by atoms with Crippen molar-refractivity contribution in [2.75, 3.05) is 6.54 Å². The third-order valence-corrected chi connectivity index (χ3v) is 2.32. The summed E-state index contributed by atoms with van der Waals surface area (Å²) >= 11 is 0. The average molecular weight is 200 g/mol. The lowest BCUT2D eigenvalue weighted by Crippen LogP contribution is -2.08. The number of hydrogen-bond acceptors (Lipinski definition) is 3. The lowest BCUT2D eigenvalue weighted by Gasteiger charge is -2.03. The number of Topliss-reactive ketones (excluding diaryl/α,β-unsaturated/α-hetero) is 1. The summed E-state index contributed by atoms with van der Waals surface area (Å²) < 4.78 is 0. The summed E-state index contributed by atoms with van der Waals surface area (Å²) in [5.41, 5.74) is 6.94. The molecule has 76 valence electrons. The Hall–Kier alpha value is -1.74. The van der Waals surface area contributed by atoms with Crippen LogP contribution in [0.3, 0.4) is 0 Å². The first-order valence-electron chi connectivity index (χ1n) is 4.90. The standard InChI is InChI=1S/C12H12N2O/c13-7-6-12(15)10-3-1-5-11-9(10)4-2-8-14-11/h1-5,8H,6-7,13H2. The fourth-order valence-electron chi connectivity index (χ4n) is 1.61. The Balaban J connectivity index is 2.56. The maximum Gasteiger partial charge on any atom is 0.164 e. The molecule has 0 bridgehead atoms. The normalized spacial score (nSPS) is 10.5. The largest absolute Gasteiger partial charge is 0.330 e. The van der Waals surface area contributed by atoms with Crippen molar-refractivity contribution in [3.63, 3.8) is 0 Å². The molecule has 0 radical (unpaired) electrons. The smallest absolute Gasteiger partial charge is 0.164 e. The van der Waals surface area contributed by atoms with Crippen LogP contribution in [0.1, 0.15) is 16.8 Å². The molecule has 1 heterocycles. The van der Waals surface area contributed by atoms with E-state index in [0.717, 1.165) is 10.9 Å². The van der Waals surface area contributed by atoms with Gasteiger partial charge in [-0.05, 0) is 18.7 Å². The van der Waals surface area contributed by atoms with Gasteiger partial charge in [0, 0.05) is 23.6 Å². The van der Waals surface area contributed by atoms with Crippen LogP contribution in [0, 0.1) is 0 Å². The van der Waals surface area contributed by atoms with Crippen molar-refractivity contribution in [2.45, 2.75) is 6.42 Å². The molecule has 0 amide bonds. The van der Waals surface area contributed by atoms with Gasteiger partial charge >= 0.3 is 0 Å². The summed E-state index contributed by atoms with van der Waals surface area (Å²) in [6.07, 6.45) is 2.10. The lowest BCUT2D eigenvalue weighted by molar-refractivity contribution is 0.0987. The Morgan fingerprint density at radius 2 is 2.13 bits per heavy atom. The van der Waals surface area contributed by atoms with Gasteiger partial charge in [-0.25, -0.2) is 0 Å². The van der Waals surface area contributed by atoms with Crippen molar-refractivity contribution in [1.82, 2.24) is 4.98 Å². The topological polar surface area (TPSA) is 56.0 Å². The van der Waals surface area contributed by atoms with Gasteiger partial charge in [0.05, 0.1) is 5.52 Å². The maximum absolute atomic E-state index is 11.8. The molecule has 0 saturated carbocycles. The maximum atomic E-state index is 11.8. The van der Waals surface area contributed by atoms with Gasteiger partial charge in [0.1, 0.15) is 0 Å². The van der Waals surface area contributed by atoms with Gasteiger partial charge in [0.25, 0.3) is 0 Å². The van der Waals surface area contributed by atoms with Crippen molar-refractivity contribution in [3.8, 4) is 0 Å². The summed E-state index contributed by atoms with van der Waals surface area (Å²) in [7, 11) is 0. The van der Waals surface area contributed by atoms with E-state index in [9.17, 15) is 4.79 Å². The first-order chi connectivity index (χ1) is 7.33. The summed E-state index contributed by atoms with van der Waals surface area (Å²) in [4.78, 5) is 16.0. The van der Waals surface area contributed by atoms with Gasteiger partial charge in [-0.2, -0.15) is 0 Å². The first kappa shape index (κ1) is 9.80. The summed E-state index contributed by atoms with van der Waals surface area (Å²) in [6.45, 7) is 0.384. The Morgan fingerprint density at radius 3 is 2.93 bits per heavy atom. The van der Waals surface area contributed by atoms with E-state index >= 15 is 0 Å². The van der Waals surface area contributed by atoms with E-state index in [1.165, 1.54) is 0 Å². The van der Waals surface area contributed by atoms with Crippen molar-refractivity contribution in [3.05, 3.63) is 42.1 Å². The molecule has 15 heavy (non-hydrogen) atoms. The van der Waals surface area contributed by atoms with Crippen LogP contribution in [0.15, 0.2) is 36.5 Å². The Kier molecular flexibility index (Phi) is 2.74. The minimum Gasteiger partial charge on any atom is -0.330 e. The molecule has 2 aromatic rings. The van der Waals surface area contributed by atoms with Crippen molar-refractivity contribution >= 4 is 16.7 Å². The second-order valence-electron chi connectivity index (χ2n) is 3.34. The molecular weight excluding hydrogens is 188 g/mol. The van der Waals surface area contributed by atoms with Gasteiger partial charge in [0.15, 0.2) is 5.78 Å². The van der Waals surface area contributed by atoms with E-state index in [1.807, 2.05) is 30.3 Å². The molecule has 2 rings (SSSR count). The van der Waals surface area contributed by atoms with Crippen LogP contribution in [-0.2, 0) is 0 Å². The molecule has 3 nitrogen and oxygen atoms in total. The third-order valence-electron chi connectivity index (χ3n) is 2.32. The highest BCUT2D eigenvalue weighted by atomic mass is 16.1. The van der Waals surface area contributed by atoms with Gasteiger partial charge in [-0.1, -0.05) is 18.2 Å². The van der Waals surface area contributed by atoms with Crippen molar-refractivity contribution in [1.29, 1.82) is 0 Å². The predicted octanol–water partition coefficient (Wildman–Crippen LogP) is 1.77. The second kappa shape index (κ2) is 4.19. The first-order valence-corrected chi connectivity index (χ1v) is 4.90. The van der Waals surface area contributed by atoms with E-state index in [-0.39, 0.29) is 5.78 Å². The van der Waals surface area contributed by atoms with E-state index in [0.29, 0.717) is 18.5 Å². The van der Waals surface area contributed by atoms with Crippen LogP contribution >= 0.6 is 0 Å². The molecule has 0 fully saturated rings. The summed E-state index contributed by atoms with van der Waals surface area (Å²) in [6, 6.07) is 9.31. The fourth-order valence-corrected chi connectivity index (χ4v) is 1.61. The Bertz CT molecular complexity index is 488. The fraction of sp³-hybridized carbons (Fsp3) is 0.167. The van der Waals surface area contributed by atoms with Gasteiger partial charge in [0.2, 0.25) is 0 Å². The predicted molar refractivity (Wildman–Crippen MR) is 59.7 cm³/mol. The SMILES string of the molecule is NCCC(=O)c1cccc2ncccc12. The van der Waals surface area contributed by atoms with Crippen LogP contribution in [0.2, 0.25) is 0 Å². The van der Waals surface area contributed by atoms with Gasteiger partial charge in [-0.3, -0.25) is 9.78 Å². The average Bonchev–Trinajstić information content (AvgIpc) is 2.28. The lowest BCUT2D eigenvalue weighted by atomic mass is 10.0. The van der Waals surface area contributed by atoms with Crippen molar-refractivity contribution in [2.24, 2.45) is 5.73 Å². The summed E-state index contributed by atoms with van der Waals surface area (Å²) in [5.74, 6) is 0.0797. The molecule has 1 aromatic carbocycles. The molecule has 1 aromatic heterocycles. The zero-order valence-corrected chi connectivity index (χ0v) is 8.31. The number of pyridine rings is 1. The zero-order chi connectivity index (χ0) is 10.7. The van der Waals surface area contributed by atoms with Gasteiger partial charge in [-0.15, -0.1) is 0 Å². The number of aromatic nitrogens is 1. The molecular formula is C12H12N2O. The minimum atomic E-state index is 0.0797. The van der Waals surface area contributed by atoms with E-state index in [4.69, 9.17) is 5.73 Å². The monoisotopic (exact) mass is 200 g/mol. The number of nitrogens with two attached hydrogens (primary N) is 1. The molecule has 2 N–H and O–H groups in total. The molecule has 0 aliphatic rings. The number of carbonyl (C=O) groups is 1. The number of ketones is 1. The summed E-state index contributed by atoms with van der Waals surface area (Å²) in [5, 5.41) is 0.901. The van der Waals surface area contributed by atoms with E-state index in [1.54, 1.807) is 6.20 Å². The van der Waals surface area contributed by atoms with E-state index < -0.39 is 0 Å². The number of rotatable bonds is 3. The second-order valence-corrected chi connectivity index (χ2v) is 3.34. The number of benzene rings is 1. The quantitative estimate of drug-likeness (QED) is 0.768. The highest BCUT2D eigenvalue weighted by molar-refractivity contribution is 6.07. The van der Waals surface area contributed by atoms with Crippen LogP contribution in [-0.4, -0.2) is 17.3 Å². The molecule has 0 aliphatic heterocycles. The number of fused-ring (bicyclic) bond motifs is 1. The third kappa shape index (κ3) is 1.87. The van der Waals surface area contributed by atoms with Crippen LogP contribution < -0.4 is 5.73 Å². The number of hydrogen-bond donors (Lipinski definition) is 1. The Labute approximate surface area is 87.9 Å². The molecule has 0 spiro atoms. The van der Waals surface area contributed by atoms with Crippen LogP contribution in [0.25, 0.3) is 10.9 Å². The molecule has 0 saturated heterocycles. The number of nitrogens with zero attached hydrogens (tertiary/aromatic N) is 1. The zero-order valence-electron chi connectivity index (χ0n) is 8.31. The van der Waals surface area contributed by atoms with E-state index in [2.05, 4.69) is 4.98 Å². The van der Waals surface area contributed by atoms with Crippen LogP contribution in [0.4, 0.5) is 0 Å². The molecule has 0 atom stereocenters. The van der Waals surface area contributed by atoms with Gasteiger partial charge < -0.3 is 5.73 Å². The van der Waals surface area contributed by atoms with Crippen LogP contribution in [0.5, 0.6) is 0 Å². The highest BCUT2D eigenvalue weighted by Crippen LogP contribution is 2.17.